The maximum Gasteiger partial charge on any atom is 0.407 e. The van der Waals surface area contributed by atoms with Gasteiger partial charge < -0.3 is 20.3 Å². The van der Waals surface area contributed by atoms with E-state index in [0.29, 0.717) is 12.8 Å². The van der Waals surface area contributed by atoms with Crippen molar-refractivity contribution in [1.29, 1.82) is 0 Å². The first-order valence-corrected chi connectivity index (χ1v) is 15.3. The summed E-state index contributed by atoms with van der Waals surface area (Å²) < 4.78 is 5.34. The van der Waals surface area contributed by atoms with Crippen molar-refractivity contribution in [3.63, 3.8) is 0 Å². The molecule has 1 atom stereocenters. The number of nitrogens with zero attached hydrogens (tertiary/aromatic N) is 2. The lowest BCUT2D eigenvalue weighted by Crippen LogP contribution is -2.54. The van der Waals surface area contributed by atoms with E-state index in [1.165, 1.54) is 6.07 Å². The van der Waals surface area contributed by atoms with Crippen LogP contribution in [0.4, 0.5) is 10.5 Å². The van der Waals surface area contributed by atoms with Crippen molar-refractivity contribution in [2.75, 3.05) is 25.0 Å². The summed E-state index contributed by atoms with van der Waals surface area (Å²) in [6.07, 6.45) is 6.64. The number of benzene rings is 1. The molecule has 2 fully saturated rings. The normalized spacial score (nSPS) is 19.7. The van der Waals surface area contributed by atoms with Crippen molar-refractivity contribution in [2.45, 2.75) is 103 Å². The highest BCUT2D eigenvalue weighted by atomic mass is 16.6. The zero-order valence-corrected chi connectivity index (χ0v) is 25.3. The molecule has 4 rings (SSSR count). The van der Waals surface area contributed by atoms with Crippen LogP contribution in [-0.2, 0) is 19.1 Å². The second kappa shape index (κ2) is 14.1. The molecule has 3 aliphatic rings. The monoisotopic (exact) mass is 597 g/mol. The van der Waals surface area contributed by atoms with Crippen molar-refractivity contribution < 1.29 is 33.5 Å². The van der Waals surface area contributed by atoms with Crippen LogP contribution in [0, 0.1) is 0 Å². The number of piperidine rings is 2. The Bertz CT molecular complexity index is 1250. The number of anilines is 1. The Morgan fingerprint density at radius 3 is 2.35 bits per heavy atom. The third-order valence-electron chi connectivity index (χ3n) is 7.93. The molecule has 234 valence electrons. The molecule has 1 aromatic rings. The van der Waals surface area contributed by atoms with Gasteiger partial charge in [0.05, 0.1) is 16.8 Å². The molecule has 43 heavy (non-hydrogen) atoms. The third kappa shape index (κ3) is 8.62. The van der Waals surface area contributed by atoms with Gasteiger partial charge in [-0.3, -0.25) is 34.2 Å². The largest absolute Gasteiger partial charge is 0.444 e. The van der Waals surface area contributed by atoms with Crippen molar-refractivity contribution in [1.82, 2.24) is 20.4 Å². The van der Waals surface area contributed by atoms with E-state index in [0.717, 1.165) is 63.1 Å². The summed E-state index contributed by atoms with van der Waals surface area (Å²) in [5.74, 6) is -2.59. The zero-order chi connectivity index (χ0) is 31.1. The van der Waals surface area contributed by atoms with Gasteiger partial charge in [-0.2, -0.15) is 0 Å². The molecule has 6 amide bonds. The minimum Gasteiger partial charge on any atom is -0.444 e. The van der Waals surface area contributed by atoms with Crippen LogP contribution < -0.4 is 16.0 Å². The molecule has 0 spiro atoms. The van der Waals surface area contributed by atoms with Gasteiger partial charge in [-0.05, 0) is 71.6 Å². The van der Waals surface area contributed by atoms with E-state index in [1.54, 1.807) is 12.1 Å². The highest BCUT2D eigenvalue weighted by Gasteiger charge is 2.45. The number of ether oxygens (including phenoxy) is 1. The molecule has 1 unspecified atom stereocenters. The first kappa shape index (κ1) is 32.1. The number of nitrogens with one attached hydrogen (secondary N) is 3. The van der Waals surface area contributed by atoms with Gasteiger partial charge in [0.2, 0.25) is 17.7 Å². The SMILES string of the molecule is CC(C)(C)OC(=O)NC1CCN(CCCCCCCC(=O)Nc2cccc3c2C(=O)N(C2CCC(=O)NC2=O)C3=O)CC1. The van der Waals surface area contributed by atoms with Crippen LogP contribution in [0.5, 0.6) is 0 Å². The number of carbonyl (C=O) groups excluding carboxylic acids is 6. The Hall–Kier alpha value is -3.80. The Morgan fingerprint density at radius 2 is 1.65 bits per heavy atom. The summed E-state index contributed by atoms with van der Waals surface area (Å²) in [6, 6.07) is 3.76. The summed E-state index contributed by atoms with van der Waals surface area (Å²) in [5, 5.41) is 7.92. The standard InChI is InChI=1S/C31H43N5O7/c1-31(2,3)43-30(42)32-20-15-18-35(19-16-20)17-8-6-4-5-7-12-24(37)33-22-11-9-10-21-26(22)29(41)36(28(21)40)23-13-14-25(38)34-27(23)39/h9-11,20,23H,4-8,12-19H2,1-3H3,(H,32,42)(H,33,37)(H,34,38,39). The summed E-state index contributed by atoms with van der Waals surface area (Å²) in [6.45, 7) is 8.48. The molecular formula is C31H43N5O7. The second-order valence-electron chi connectivity index (χ2n) is 12.5. The highest BCUT2D eigenvalue weighted by molar-refractivity contribution is 6.26. The molecule has 0 saturated carbocycles. The Morgan fingerprint density at radius 1 is 0.953 bits per heavy atom. The number of imide groups is 2. The molecule has 0 aliphatic carbocycles. The Kier molecular flexibility index (Phi) is 10.5. The molecule has 12 nitrogen and oxygen atoms in total. The smallest absolute Gasteiger partial charge is 0.407 e. The number of amides is 6. The summed E-state index contributed by atoms with van der Waals surface area (Å²) >= 11 is 0. The van der Waals surface area contributed by atoms with Crippen LogP contribution in [0.25, 0.3) is 0 Å². The van der Waals surface area contributed by atoms with E-state index in [2.05, 4.69) is 20.9 Å². The fraction of sp³-hybridized carbons (Fsp3) is 0.613. The molecule has 2 saturated heterocycles. The van der Waals surface area contributed by atoms with Crippen molar-refractivity contribution in [2.24, 2.45) is 0 Å². The fourth-order valence-electron chi connectivity index (χ4n) is 5.76. The topological polar surface area (TPSA) is 154 Å². The van der Waals surface area contributed by atoms with Crippen LogP contribution in [0.2, 0.25) is 0 Å². The fourth-order valence-corrected chi connectivity index (χ4v) is 5.76. The van der Waals surface area contributed by atoms with Crippen LogP contribution in [-0.4, -0.2) is 82.7 Å². The highest BCUT2D eigenvalue weighted by Crippen LogP contribution is 2.32. The molecular weight excluding hydrogens is 554 g/mol. The van der Waals surface area contributed by atoms with Gasteiger partial charge in [-0.25, -0.2) is 4.79 Å². The number of hydrogen-bond acceptors (Lipinski definition) is 8. The predicted octanol–water partition coefficient (Wildman–Crippen LogP) is 3.36. The number of carbonyl (C=O) groups is 6. The first-order valence-electron chi connectivity index (χ1n) is 15.3. The number of alkyl carbamates (subject to hydrolysis) is 1. The number of hydrogen-bond donors (Lipinski definition) is 3. The Labute approximate surface area is 252 Å². The molecule has 3 aliphatic heterocycles. The molecule has 0 bridgehead atoms. The maximum absolute atomic E-state index is 13.2. The zero-order valence-electron chi connectivity index (χ0n) is 25.3. The second-order valence-corrected chi connectivity index (χ2v) is 12.5. The molecule has 3 heterocycles. The van der Waals surface area contributed by atoms with Gasteiger partial charge in [0.15, 0.2) is 0 Å². The van der Waals surface area contributed by atoms with Crippen LogP contribution in [0.15, 0.2) is 18.2 Å². The first-order chi connectivity index (χ1) is 20.4. The molecule has 1 aromatic carbocycles. The number of likely N-dealkylation sites (tertiary alicyclic amines) is 1. The van der Waals surface area contributed by atoms with Crippen molar-refractivity contribution in [3.8, 4) is 0 Å². The van der Waals surface area contributed by atoms with Crippen molar-refractivity contribution >= 4 is 41.3 Å². The van der Waals surface area contributed by atoms with E-state index in [-0.39, 0.29) is 47.7 Å². The van der Waals surface area contributed by atoms with Gasteiger partial charge in [0, 0.05) is 32.0 Å². The Balaban J connectivity index is 1.12. The number of rotatable bonds is 11. The lowest BCUT2D eigenvalue weighted by atomic mass is 10.0. The number of fused-ring (bicyclic) bond motifs is 1. The number of unbranched alkanes of at least 4 members (excludes halogenated alkanes) is 4. The third-order valence-corrected chi connectivity index (χ3v) is 7.93. The van der Waals surface area contributed by atoms with E-state index < -0.39 is 35.3 Å². The summed E-state index contributed by atoms with van der Waals surface area (Å²) in [7, 11) is 0. The van der Waals surface area contributed by atoms with Gasteiger partial charge in [-0.15, -0.1) is 0 Å². The van der Waals surface area contributed by atoms with E-state index in [1.807, 2.05) is 20.8 Å². The maximum atomic E-state index is 13.2. The van der Waals surface area contributed by atoms with Gasteiger partial charge >= 0.3 is 6.09 Å². The predicted molar refractivity (Wildman–Crippen MR) is 158 cm³/mol. The van der Waals surface area contributed by atoms with Gasteiger partial charge in [-0.1, -0.05) is 25.3 Å². The lowest BCUT2D eigenvalue weighted by Gasteiger charge is -2.32. The molecule has 3 N–H and O–H groups in total. The van der Waals surface area contributed by atoms with E-state index in [9.17, 15) is 28.8 Å². The van der Waals surface area contributed by atoms with Gasteiger partial charge in [0.25, 0.3) is 11.8 Å². The molecule has 0 radical (unpaired) electrons. The summed E-state index contributed by atoms with van der Waals surface area (Å²) in [5.41, 5.74) is -0.0332. The van der Waals surface area contributed by atoms with Crippen LogP contribution in [0.1, 0.15) is 106 Å². The van der Waals surface area contributed by atoms with E-state index >= 15 is 0 Å². The average Bonchev–Trinajstić information content (AvgIpc) is 3.18. The van der Waals surface area contributed by atoms with Crippen molar-refractivity contribution in [3.05, 3.63) is 29.3 Å². The lowest BCUT2D eigenvalue weighted by molar-refractivity contribution is -0.136. The van der Waals surface area contributed by atoms with Crippen LogP contribution >= 0.6 is 0 Å². The minimum atomic E-state index is -1.05. The van der Waals surface area contributed by atoms with Crippen LogP contribution in [0.3, 0.4) is 0 Å². The quantitative estimate of drug-likeness (QED) is 0.259. The van der Waals surface area contributed by atoms with Gasteiger partial charge in [0.1, 0.15) is 11.6 Å². The molecule has 0 aromatic heterocycles. The van der Waals surface area contributed by atoms with E-state index in [4.69, 9.17) is 4.74 Å². The minimum absolute atomic E-state index is 0.0428. The average molecular weight is 598 g/mol. The molecule has 12 heteroatoms. The summed E-state index contributed by atoms with van der Waals surface area (Å²) in [4.78, 5) is 77.9.